The van der Waals surface area contributed by atoms with E-state index in [1.54, 1.807) is 0 Å². The van der Waals surface area contributed by atoms with Gasteiger partial charge in [0.15, 0.2) is 0 Å². The molecule has 0 aliphatic rings. The molecule has 9 aromatic carbocycles. The molecule has 0 fully saturated rings. The zero-order chi connectivity index (χ0) is 42.1. The molecule has 0 radical (unpaired) electrons. The maximum atomic E-state index is 4.06. The van der Waals surface area contributed by atoms with Gasteiger partial charge in [-0.3, -0.25) is 0 Å². The van der Waals surface area contributed by atoms with Gasteiger partial charge in [-0.15, -0.1) is 6.07 Å². The molecule has 0 N–H and O–H groups in total. The average molecular weight is 828 g/mol. The predicted octanol–water partition coefficient (Wildman–Crippen LogP) is 13.1. The van der Waals surface area contributed by atoms with Crippen molar-refractivity contribution in [2.75, 3.05) is 0 Å². The molecule has 0 unspecified atom stereocenters. The van der Waals surface area contributed by atoms with Gasteiger partial charge in [-0.1, -0.05) is 117 Å². The quantitative estimate of drug-likeness (QED) is 0.124. The van der Waals surface area contributed by atoms with E-state index in [0.717, 1.165) is 11.1 Å². The van der Waals surface area contributed by atoms with Crippen LogP contribution in [0.1, 0.15) is 50.7 Å². The van der Waals surface area contributed by atoms with Crippen molar-refractivity contribution in [1.29, 1.82) is 0 Å². The van der Waals surface area contributed by atoms with Crippen molar-refractivity contribution in [3.05, 3.63) is 199 Å². The van der Waals surface area contributed by atoms with Crippen LogP contribution in [-0.2, 0) is 0 Å². The number of nitrogens with zero attached hydrogens (tertiary/aromatic N) is 3. The zero-order valence-corrected chi connectivity index (χ0v) is 38.7. The van der Waals surface area contributed by atoms with E-state index in [9.17, 15) is 0 Å². The summed E-state index contributed by atoms with van der Waals surface area (Å²) in [4.78, 5) is 0. The Morgan fingerprint density at radius 1 is 0.406 bits per heavy atom. The van der Waals surface area contributed by atoms with Gasteiger partial charge in [0, 0.05) is 49.0 Å². The molecule has 14 rings (SSSR count). The second kappa shape index (κ2) is 14.7. The van der Waals surface area contributed by atoms with E-state index < -0.39 is 0 Å². The average Bonchev–Trinajstić information content (AvgIpc) is 4.12. The first-order valence-corrected chi connectivity index (χ1v) is 22.2. The van der Waals surface area contributed by atoms with Crippen LogP contribution in [0.5, 0.6) is 0 Å². The minimum absolute atomic E-state index is 0. The fraction of sp³-hybridized carbons (Fsp3) is 0.100. The summed E-state index contributed by atoms with van der Waals surface area (Å²) in [6.07, 6.45) is 0. The van der Waals surface area contributed by atoms with E-state index in [-0.39, 0.29) is 41.4 Å². The second-order valence-electron chi connectivity index (χ2n) is 17.7. The molecule has 0 aliphatic heterocycles. The molecular weight excluding hydrogens is 786 g/mol. The van der Waals surface area contributed by atoms with Gasteiger partial charge in [-0.05, 0) is 70.3 Å². The number of hydrogen-bond donors (Lipinski definition) is 0. The van der Waals surface area contributed by atoms with Gasteiger partial charge in [0.05, 0.1) is 27.6 Å². The van der Waals surface area contributed by atoms with Crippen LogP contribution in [0.15, 0.2) is 170 Å². The van der Waals surface area contributed by atoms with E-state index in [1.165, 1.54) is 115 Å². The Labute approximate surface area is 393 Å². The topological polar surface area (TPSA) is 13.8 Å². The Morgan fingerprint density at radius 3 is 1.53 bits per heavy atom. The fourth-order valence-electron chi connectivity index (χ4n) is 11.2. The van der Waals surface area contributed by atoms with Gasteiger partial charge in [-0.2, -0.15) is 78.4 Å². The van der Waals surface area contributed by atoms with E-state index in [0.29, 0.717) is 0 Å². The smallest absolute Gasteiger partial charge is 0.348 e. The van der Waals surface area contributed by atoms with E-state index in [1.807, 2.05) is 42.5 Å². The van der Waals surface area contributed by atoms with Crippen LogP contribution in [0.3, 0.4) is 0 Å². The number of benzene rings is 9. The predicted molar refractivity (Wildman–Crippen MR) is 267 cm³/mol. The molecule has 0 spiro atoms. The van der Waals surface area contributed by atoms with Gasteiger partial charge in [-0.25, -0.2) is 5.56 Å². The zero-order valence-electron chi connectivity index (χ0n) is 36.7. The summed E-state index contributed by atoms with van der Waals surface area (Å²) in [5, 5.41) is 13.0. The van der Waals surface area contributed by atoms with E-state index >= 15 is 0 Å². The van der Waals surface area contributed by atoms with Crippen LogP contribution >= 0.6 is 0 Å². The standard InChI is InChI=1S/C54H37N3.C6H5.Na/c1-30(2)45-47-41-28-33(32-17-7-5-8-18-32)27-38-35-21-12-15-25-43(35)56(50(38)41)53(47)46(31(3)4)48-49-51-39(29-40-37-23-13-16-26-44(37)57(52(40)49)54(45)48)36-22-11-14-24-42(36)55(51)34-19-9-6-10-20-34;1-2-4-6-5-3-1;/h5-17,19-27,29-31H,1-4H3;1-5H;/q-2;-1;+1. The van der Waals surface area contributed by atoms with Crippen molar-refractivity contribution in [1.82, 2.24) is 13.4 Å². The number of para-hydroxylation sites is 4. The van der Waals surface area contributed by atoms with Crippen LogP contribution in [0.25, 0.3) is 115 Å². The molecule has 0 saturated carbocycles. The van der Waals surface area contributed by atoms with Crippen LogP contribution in [0, 0.1) is 18.2 Å². The molecular formula is C60H42N3Na-2. The third-order valence-electron chi connectivity index (χ3n) is 13.5. The van der Waals surface area contributed by atoms with Crippen LogP contribution in [0.2, 0.25) is 0 Å². The Balaban J connectivity index is 0.000000575. The van der Waals surface area contributed by atoms with Gasteiger partial charge in [0.25, 0.3) is 0 Å². The van der Waals surface area contributed by atoms with Gasteiger partial charge < -0.3 is 13.4 Å². The van der Waals surface area contributed by atoms with Gasteiger partial charge >= 0.3 is 29.6 Å². The summed E-state index contributed by atoms with van der Waals surface area (Å²) >= 11 is 0. The van der Waals surface area contributed by atoms with Crippen LogP contribution in [0.4, 0.5) is 0 Å². The minimum atomic E-state index is 0. The molecule has 3 nitrogen and oxygen atoms in total. The summed E-state index contributed by atoms with van der Waals surface area (Å²) in [7, 11) is 0. The van der Waals surface area contributed by atoms with E-state index in [2.05, 4.69) is 187 Å². The molecule has 0 amide bonds. The number of fused-ring (bicyclic) bond motifs is 16. The molecule has 0 aliphatic carbocycles. The Morgan fingerprint density at radius 2 is 0.922 bits per heavy atom. The summed E-state index contributed by atoms with van der Waals surface area (Å²) < 4.78 is 7.81. The first-order chi connectivity index (χ1) is 31.0. The SMILES string of the molecule is CC(C)c1c2c3c4c(cc5c6ccccc6n(c2c(C(C)C)c2c6[c-]c(-c7[c-]cccc7)cc7c8ccccc8n(c12)c67)c53)c1ccccc1n4-c1ccccc1.[Na+].[c-]1ccccc1. The van der Waals surface area contributed by atoms with Crippen molar-refractivity contribution in [3.8, 4) is 16.8 Å². The normalized spacial score (nSPS) is 12.2. The maximum Gasteiger partial charge on any atom is 1.00 e. The molecule has 5 heterocycles. The third kappa shape index (κ3) is 5.26. The molecule has 5 aromatic heterocycles. The molecule has 0 bridgehead atoms. The summed E-state index contributed by atoms with van der Waals surface area (Å²) in [6.45, 7) is 9.59. The molecule has 64 heavy (non-hydrogen) atoms. The number of aromatic nitrogens is 3. The van der Waals surface area contributed by atoms with Crippen molar-refractivity contribution >= 4 is 98.0 Å². The number of hydrogen-bond acceptors (Lipinski definition) is 0. The second-order valence-corrected chi connectivity index (χ2v) is 17.7. The summed E-state index contributed by atoms with van der Waals surface area (Å²) in [5.74, 6) is 0.442. The number of rotatable bonds is 4. The Bertz CT molecular complexity index is 4030. The first kappa shape index (κ1) is 39.0. The minimum Gasteiger partial charge on any atom is -0.348 e. The summed E-state index contributed by atoms with van der Waals surface area (Å²) in [6, 6.07) is 71.3. The van der Waals surface area contributed by atoms with Gasteiger partial charge in [0.1, 0.15) is 0 Å². The molecule has 0 saturated heterocycles. The fourth-order valence-corrected chi connectivity index (χ4v) is 11.2. The largest absolute Gasteiger partial charge is 1.00 e. The van der Waals surface area contributed by atoms with Crippen LogP contribution in [-0.4, -0.2) is 13.4 Å². The Kier molecular flexibility index (Phi) is 8.97. The monoisotopic (exact) mass is 827 g/mol. The molecule has 300 valence electrons. The van der Waals surface area contributed by atoms with E-state index in [4.69, 9.17) is 0 Å². The maximum absolute atomic E-state index is 4.06. The molecule has 0 atom stereocenters. The van der Waals surface area contributed by atoms with Crippen molar-refractivity contribution < 1.29 is 29.6 Å². The third-order valence-corrected chi connectivity index (χ3v) is 13.5. The van der Waals surface area contributed by atoms with Gasteiger partial charge in [0.2, 0.25) is 0 Å². The van der Waals surface area contributed by atoms with Crippen LogP contribution < -0.4 is 29.6 Å². The first-order valence-electron chi connectivity index (χ1n) is 22.2. The molecule has 14 aromatic rings. The van der Waals surface area contributed by atoms with Crippen molar-refractivity contribution in [2.45, 2.75) is 39.5 Å². The van der Waals surface area contributed by atoms with Crippen molar-refractivity contribution in [2.24, 2.45) is 0 Å². The summed E-state index contributed by atoms with van der Waals surface area (Å²) in [5.41, 5.74) is 16.4. The van der Waals surface area contributed by atoms with Crippen molar-refractivity contribution in [3.63, 3.8) is 0 Å². The Hall–Kier alpha value is -6.62. The molecule has 4 heteroatoms.